The molecule has 1 atom stereocenters. The summed E-state index contributed by atoms with van der Waals surface area (Å²) in [6, 6.07) is 5.70. The Morgan fingerprint density at radius 2 is 2.10 bits per heavy atom. The van der Waals surface area contributed by atoms with E-state index in [2.05, 4.69) is 10.2 Å². The van der Waals surface area contributed by atoms with E-state index in [-0.39, 0.29) is 24.0 Å². The van der Waals surface area contributed by atoms with Crippen LogP contribution in [0.15, 0.2) is 24.4 Å². The molecule has 1 aliphatic heterocycles. The van der Waals surface area contributed by atoms with Gasteiger partial charge in [0.2, 0.25) is 0 Å². The minimum Gasteiger partial charge on any atom is -0.444 e. The fraction of sp³-hybridized carbons (Fsp3) is 0.591. The van der Waals surface area contributed by atoms with Crippen molar-refractivity contribution in [2.24, 2.45) is 5.92 Å². The molecule has 2 aromatic rings. The standard InChI is InChI=1S/C22H32N4O3/c1-15(2)26(21(28)29-22(3,4)5)14-16-8-7-11-25(13-16)20(27)18-10-6-9-17-12-23-24-19(17)18/h6,9-10,12,15-16H,7-8,11,13-14H2,1-5H3,(H,23,24). The number of fused-ring (bicyclic) bond motifs is 1. The second-order valence-corrected chi connectivity index (χ2v) is 9.13. The van der Waals surface area contributed by atoms with E-state index >= 15 is 0 Å². The van der Waals surface area contributed by atoms with E-state index < -0.39 is 5.60 Å². The van der Waals surface area contributed by atoms with Crippen LogP contribution in [-0.4, -0.2) is 63.3 Å². The van der Waals surface area contributed by atoms with Crippen LogP contribution in [0.1, 0.15) is 57.8 Å². The summed E-state index contributed by atoms with van der Waals surface area (Å²) in [5, 5.41) is 7.93. The van der Waals surface area contributed by atoms with E-state index in [1.165, 1.54) is 0 Å². The molecular weight excluding hydrogens is 368 g/mol. The Bertz CT molecular complexity index is 868. The number of carbonyl (C=O) groups excluding carboxylic acids is 2. The van der Waals surface area contributed by atoms with Crippen LogP contribution < -0.4 is 0 Å². The molecule has 7 nitrogen and oxygen atoms in total. The highest BCUT2D eigenvalue weighted by Crippen LogP contribution is 2.24. The van der Waals surface area contributed by atoms with Gasteiger partial charge in [-0.25, -0.2) is 4.79 Å². The van der Waals surface area contributed by atoms with E-state index in [1.807, 2.05) is 57.7 Å². The molecule has 1 aliphatic rings. The predicted molar refractivity (Wildman–Crippen MR) is 113 cm³/mol. The quantitative estimate of drug-likeness (QED) is 0.839. The minimum absolute atomic E-state index is 0.0120. The molecule has 158 valence electrons. The number of nitrogens with zero attached hydrogens (tertiary/aromatic N) is 3. The number of aromatic nitrogens is 2. The van der Waals surface area contributed by atoms with Gasteiger partial charge in [-0.1, -0.05) is 12.1 Å². The Hall–Kier alpha value is -2.57. The summed E-state index contributed by atoms with van der Waals surface area (Å²) >= 11 is 0. The van der Waals surface area contributed by atoms with Gasteiger partial charge in [-0.15, -0.1) is 0 Å². The first-order chi connectivity index (χ1) is 13.7. The number of piperidine rings is 1. The van der Waals surface area contributed by atoms with Crippen molar-refractivity contribution in [2.45, 2.75) is 59.1 Å². The van der Waals surface area contributed by atoms with Crippen LogP contribution >= 0.6 is 0 Å². The highest BCUT2D eigenvalue weighted by molar-refractivity contribution is 6.05. The zero-order valence-electron chi connectivity index (χ0n) is 18.1. The van der Waals surface area contributed by atoms with Crippen molar-refractivity contribution in [1.29, 1.82) is 0 Å². The summed E-state index contributed by atoms with van der Waals surface area (Å²) in [6.07, 6.45) is 3.35. The molecule has 0 radical (unpaired) electrons. The van der Waals surface area contributed by atoms with Crippen molar-refractivity contribution in [1.82, 2.24) is 20.0 Å². The van der Waals surface area contributed by atoms with Crippen LogP contribution in [-0.2, 0) is 4.74 Å². The molecule has 1 N–H and O–H groups in total. The van der Waals surface area contributed by atoms with Crippen LogP contribution in [0.3, 0.4) is 0 Å². The van der Waals surface area contributed by atoms with Crippen molar-refractivity contribution < 1.29 is 14.3 Å². The average molecular weight is 401 g/mol. The molecule has 0 aliphatic carbocycles. The van der Waals surface area contributed by atoms with Crippen LogP contribution in [0.25, 0.3) is 10.9 Å². The van der Waals surface area contributed by atoms with Crippen molar-refractivity contribution in [3.05, 3.63) is 30.0 Å². The summed E-state index contributed by atoms with van der Waals surface area (Å²) < 4.78 is 5.58. The lowest BCUT2D eigenvalue weighted by molar-refractivity contribution is 0.0124. The van der Waals surface area contributed by atoms with Crippen LogP contribution in [0.5, 0.6) is 0 Å². The SMILES string of the molecule is CC(C)N(CC1CCCN(C(=O)c2cccc3cn[nH]c23)C1)C(=O)OC(C)(C)C. The molecule has 29 heavy (non-hydrogen) atoms. The highest BCUT2D eigenvalue weighted by atomic mass is 16.6. The molecule has 1 saturated heterocycles. The third-order valence-corrected chi connectivity index (χ3v) is 5.22. The number of rotatable bonds is 4. The molecule has 2 amide bonds. The zero-order valence-corrected chi connectivity index (χ0v) is 18.1. The molecule has 1 unspecified atom stereocenters. The molecule has 1 aromatic heterocycles. The smallest absolute Gasteiger partial charge is 0.410 e. The van der Waals surface area contributed by atoms with Gasteiger partial charge in [-0.3, -0.25) is 9.89 Å². The second kappa shape index (κ2) is 8.43. The molecule has 0 spiro atoms. The first kappa shape index (κ1) is 21.1. The molecule has 1 fully saturated rings. The van der Waals surface area contributed by atoms with Crippen molar-refractivity contribution in [3.63, 3.8) is 0 Å². The van der Waals surface area contributed by atoms with E-state index in [9.17, 15) is 9.59 Å². The first-order valence-electron chi connectivity index (χ1n) is 10.4. The minimum atomic E-state index is -0.526. The van der Waals surface area contributed by atoms with Gasteiger partial charge in [0.1, 0.15) is 5.60 Å². The van der Waals surface area contributed by atoms with E-state index in [0.717, 1.165) is 30.3 Å². The molecule has 0 bridgehead atoms. The van der Waals surface area contributed by atoms with Crippen molar-refractivity contribution in [2.75, 3.05) is 19.6 Å². The van der Waals surface area contributed by atoms with Crippen molar-refractivity contribution >= 4 is 22.9 Å². The van der Waals surface area contributed by atoms with E-state index in [0.29, 0.717) is 18.7 Å². The number of para-hydroxylation sites is 1. The van der Waals surface area contributed by atoms with E-state index in [4.69, 9.17) is 4.74 Å². The van der Waals surface area contributed by atoms with Gasteiger partial charge < -0.3 is 14.5 Å². The van der Waals surface area contributed by atoms with Crippen LogP contribution in [0, 0.1) is 5.92 Å². The van der Waals surface area contributed by atoms with Gasteiger partial charge >= 0.3 is 6.09 Å². The molecule has 3 rings (SSSR count). The first-order valence-corrected chi connectivity index (χ1v) is 10.4. The van der Waals surface area contributed by atoms with Crippen LogP contribution in [0.2, 0.25) is 0 Å². The number of benzene rings is 1. The lowest BCUT2D eigenvalue weighted by atomic mass is 9.96. The largest absolute Gasteiger partial charge is 0.444 e. The second-order valence-electron chi connectivity index (χ2n) is 9.13. The maximum Gasteiger partial charge on any atom is 0.410 e. The molecular formula is C22H32N4O3. The number of hydrogen-bond acceptors (Lipinski definition) is 4. The van der Waals surface area contributed by atoms with Gasteiger partial charge in [-0.05, 0) is 59.4 Å². The van der Waals surface area contributed by atoms with E-state index in [1.54, 1.807) is 11.1 Å². The van der Waals surface area contributed by atoms with Gasteiger partial charge in [0.05, 0.1) is 17.3 Å². The normalized spacial score (nSPS) is 17.6. The zero-order chi connectivity index (χ0) is 21.2. The third-order valence-electron chi connectivity index (χ3n) is 5.22. The number of likely N-dealkylation sites (tertiary alicyclic amines) is 1. The number of amides is 2. The Labute approximate surface area is 172 Å². The summed E-state index contributed by atoms with van der Waals surface area (Å²) in [4.78, 5) is 29.5. The molecule has 2 heterocycles. The Kier molecular flexibility index (Phi) is 6.15. The highest BCUT2D eigenvalue weighted by Gasteiger charge is 2.31. The Balaban J connectivity index is 1.70. The number of H-pyrrole nitrogens is 1. The summed E-state index contributed by atoms with van der Waals surface area (Å²) in [6.45, 7) is 11.6. The monoisotopic (exact) mass is 400 g/mol. The summed E-state index contributed by atoms with van der Waals surface area (Å²) in [5.74, 6) is 0.238. The van der Waals surface area contributed by atoms with Gasteiger partial charge in [-0.2, -0.15) is 5.10 Å². The number of ether oxygens (including phenoxy) is 1. The van der Waals surface area contributed by atoms with Crippen molar-refractivity contribution in [3.8, 4) is 0 Å². The van der Waals surface area contributed by atoms with Gasteiger partial charge in [0.15, 0.2) is 0 Å². The Morgan fingerprint density at radius 1 is 1.34 bits per heavy atom. The third kappa shape index (κ3) is 5.08. The lowest BCUT2D eigenvalue weighted by Crippen LogP contribution is -2.48. The fourth-order valence-electron chi connectivity index (χ4n) is 3.81. The number of aromatic amines is 1. The summed E-state index contributed by atoms with van der Waals surface area (Å²) in [5.41, 5.74) is 0.896. The summed E-state index contributed by atoms with van der Waals surface area (Å²) in [7, 11) is 0. The lowest BCUT2D eigenvalue weighted by Gasteiger charge is -2.37. The van der Waals surface area contributed by atoms with Crippen LogP contribution in [0.4, 0.5) is 4.79 Å². The molecule has 0 saturated carbocycles. The average Bonchev–Trinajstić information content (AvgIpc) is 3.13. The topological polar surface area (TPSA) is 78.5 Å². The molecule has 1 aromatic carbocycles. The number of nitrogens with one attached hydrogen (secondary N) is 1. The molecule has 7 heteroatoms. The maximum atomic E-state index is 13.2. The fourth-order valence-corrected chi connectivity index (χ4v) is 3.81. The van der Waals surface area contributed by atoms with Gasteiger partial charge in [0, 0.05) is 31.1 Å². The van der Waals surface area contributed by atoms with Gasteiger partial charge in [0.25, 0.3) is 5.91 Å². The maximum absolute atomic E-state index is 13.2. The number of carbonyl (C=O) groups is 2. The Morgan fingerprint density at radius 3 is 2.79 bits per heavy atom. The predicted octanol–water partition coefficient (Wildman–Crippen LogP) is 4.06. The number of hydrogen-bond donors (Lipinski definition) is 1.